The summed E-state index contributed by atoms with van der Waals surface area (Å²) in [6.45, 7) is 17.7. The zero-order chi connectivity index (χ0) is 16.1. The molecule has 0 nitrogen and oxygen atoms in total. The monoisotopic (exact) mass is 312 g/mol. The van der Waals surface area contributed by atoms with Crippen molar-refractivity contribution in [2.75, 3.05) is 0 Å². The van der Waals surface area contributed by atoms with E-state index in [1.807, 2.05) is 10.8 Å². The smallest absolute Gasteiger partial charge is 0.0652 e. The van der Waals surface area contributed by atoms with E-state index in [9.17, 15) is 0 Å². The van der Waals surface area contributed by atoms with Crippen LogP contribution < -0.4 is 5.19 Å². The van der Waals surface area contributed by atoms with Crippen LogP contribution >= 0.6 is 0 Å². The predicted octanol–water partition coefficient (Wildman–Crippen LogP) is 5.30. The summed E-state index contributed by atoms with van der Waals surface area (Å²) in [4.78, 5) is 0. The second kappa shape index (κ2) is 3.91. The van der Waals surface area contributed by atoms with Crippen LogP contribution in [0.4, 0.5) is 0 Å². The van der Waals surface area contributed by atoms with Gasteiger partial charge in [-0.25, -0.2) is 0 Å². The van der Waals surface area contributed by atoms with E-state index < -0.39 is 8.07 Å². The van der Waals surface area contributed by atoms with Crippen LogP contribution in [0.15, 0.2) is 6.07 Å². The summed E-state index contributed by atoms with van der Waals surface area (Å²) < 4.78 is 0. The Bertz CT molecular complexity index is 682. The summed E-state index contributed by atoms with van der Waals surface area (Å²) in [5, 5.41) is 1.93. The van der Waals surface area contributed by atoms with Crippen molar-refractivity contribution in [2.45, 2.75) is 95.7 Å². The van der Waals surface area contributed by atoms with Crippen molar-refractivity contribution in [1.29, 1.82) is 0 Å². The van der Waals surface area contributed by atoms with E-state index in [1.54, 1.807) is 16.7 Å². The molecule has 2 atom stereocenters. The number of rotatable bonds is 0. The van der Waals surface area contributed by atoms with Crippen LogP contribution in [0.2, 0.25) is 18.6 Å². The topological polar surface area (TPSA) is 0 Å². The van der Waals surface area contributed by atoms with Gasteiger partial charge >= 0.3 is 0 Å². The zero-order valence-electron chi connectivity index (χ0n) is 15.6. The van der Waals surface area contributed by atoms with Crippen LogP contribution in [0.1, 0.15) is 76.1 Å². The molecule has 2 aliphatic heterocycles. The lowest BCUT2D eigenvalue weighted by atomic mass is 9.61. The zero-order valence-corrected chi connectivity index (χ0v) is 16.6. The molecule has 1 aliphatic carbocycles. The van der Waals surface area contributed by atoms with Crippen molar-refractivity contribution in [3.05, 3.63) is 28.3 Å². The minimum absolute atomic E-state index is 0.371. The molecule has 0 radical (unpaired) electrons. The molecular formula is C21H32Si. The van der Waals surface area contributed by atoms with E-state index in [4.69, 9.17) is 0 Å². The third-order valence-corrected chi connectivity index (χ3v) is 12.1. The van der Waals surface area contributed by atoms with Gasteiger partial charge in [-0.2, -0.15) is 0 Å². The number of hydrogen-bond donors (Lipinski definition) is 0. The van der Waals surface area contributed by atoms with Gasteiger partial charge in [0, 0.05) is 0 Å². The Balaban J connectivity index is 2.16. The molecule has 4 rings (SSSR count). The summed E-state index contributed by atoms with van der Waals surface area (Å²) in [5.74, 6) is 0. The fourth-order valence-electron chi connectivity index (χ4n) is 6.36. The van der Waals surface area contributed by atoms with Crippen LogP contribution in [-0.4, -0.2) is 8.07 Å². The van der Waals surface area contributed by atoms with Crippen LogP contribution in [0.25, 0.3) is 0 Å². The summed E-state index contributed by atoms with van der Waals surface area (Å²) in [6, 6.07) is 5.63. The first-order chi connectivity index (χ1) is 10.0. The van der Waals surface area contributed by atoms with E-state index in [-0.39, 0.29) is 0 Å². The highest BCUT2D eigenvalue weighted by Crippen LogP contribution is 2.57. The lowest BCUT2D eigenvalue weighted by molar-refractivity contribution is 0.336. The Hall–Kier alpha value is -0.563. The molecule has 3 aliphatic rings. The molecule has 2 unspecified atom stereocenters. The average molecular weight is 313 g/mol. The van der Waals surface area contributed by atoms with Crippen molar-refractivity contribution in [3.8, 4) is 0 Å². The van der Waals surface area contributed by atoms with E-state index in [1.165, 1.54) is 31.4 Å². The highest BCUT2D eigenvalue weighted by atomic mass is 28.3. The minimum atomic E-state index is -1.27. The molecular weight excluding hydrogens is 280 g/mol. The standard InChI is InChI=1S/C21H32Si/c1-14-12-15-17-18-16(14)20(4,5)10-11-22(18,7)13-21(17,6)9-8-19(15,2)3/h12H,8-11,13H2,1-7H3. The molecule has 0 fully saturated rings. The van der Waals surface area contributed by atoms with Crippen LogP contribution in [0.5, 0.6) is 0 Å². The third kappa shape index (κ3) is 1.64. The summed E-state index contributed by atoms with van der Waals surface area (Å²) in [6.07, 6.45) is 4.18. The summed E-state index contributed by atoms with van der Waals surface area (Å²) >= 11 is 0. The predicted molar refractivity (Wildman–Crippen MR) is 99.3 cm³/mol. The molecule has 0 bridgehead atoms. The first kappa shape index (κ1) is 15.0. The van der Waals surface area contributed by atoms with Crippen molar-refractivity contribution in [1.82, 2.24) is 0 Å². The van der Waals surface area contributed by atoms with Gasteiger partial charge in [-0.1, -0.05) is 58.5 Å². The molecule has 0 saturated carbocycles. The molecule has 1 aromatic rings. The van der Waals surface area contributed by atoms with Crippen molar-refractivity contribution in [2.24, 2.45) is 0 Å². The molecule has 1 heteroatoms. The van der Waals surface area contributed by atoms with Crippen LogP contribution in [0.3, 0.4) is 0 Å². The Morgan fingerprint density at radius 2 is 1.59 bits per heavy atom. The SMILES string of the molecule is Cc1cc2c3c4c1C(C)(C)CC[Si]4(C)CC3(C)CCC2(C)C. The maximum atomic E-state index is 2.71. The molecule has 0 amide bonds. The molecule has 0 saturated heterocycles. The Morgan fingerprint density at radius 1 is 0.909 bits per heavy atom. The van der Waals surface area contributed by atoms with Crippen LogP contribution in [0, 0.1) is 6.92 Å². The van der Waals surface area contributed by atoms with Gasteiger partial charge in [-0.3, -0.25) is 0 Å². The van der Waals surface area contributed by atoms with E-state index in [0.717, 1.165) is 0 Å². The van der Waals surface area contributed by atoms with Crippen molar-refractivity contribution < 1.29 is 0 Å². The number of benzene rings is 1. The van der Waals surface area contributed by atoms with Gasteiger partial charge in [0.05, 0.1) is 8.07 Å². The first-order valence-corrected chi connectivity index (χ1v) is 12.1. The van der Waals surface area contributed by atoms with Gasteiger partial charge in [-0.15, -0.1) is 0 Å². The van der Waals surface area contributed by atoms with Gasteiger partial charge in [0.25, 0.3) is 0 Å². The van der Waals surface area contributed by atoms with Gasteiger partial charge in [0.1, 0.15) is 0 Å². The highest BCUT2D eigenvalue weighted by Gasteiger charge is 2.57. The maximum Gasteiger partial charge on any atom is 0.0853 e. The van der Waals surface area contributed by atoms with Gasteiger partial charge in [0.15, 0.2) is 0 Å². The number of hydrogen-bond acceptors (Lipinski definition) is 0. The van der Waals surface area contributed by atoms with Crippen molar-refractivity contribution in [3.63, 3.8) is 0 Å². The van der Waals surface area contributed by atoms with Crippen LogP contribution in [-0.2, 0) is 16.2 Å². The lowest BCUT2D eigenvalue weighted by Gasteiger charge is -2.44. The Kier molecular flexibility index (Phi) is 2.66. The van der Waals surface area contributed by atoms with Crippen molar-refractivity contribution >= 4 is 13.3 Å². The van der Waals surface area contributed by atoms with E-state index >= 15 is 0 Å². The largest absolute Gasteiger partial charge is 0.0853 e. The maximum absolute atomic E-state index is 2.71. The Labute approximate surface area is 137 Å². The molecule has 120 valence electrons. The minimum Gasteiger partial charge on any atom is -0.0652 e. The van der Waals surface area contributed by atoms with E-state index in [0.29, 0.717) is 16.2 Å². The molecule has 0 N–H and O–H groups in total. The van der Waals surface area contributed by atoms with Gasteiger partial charge < -0.3 is 0 Å². The van der Waals surface area contributed by atoms with Gasteiger partial charge in [-0.05, 0) is 70.7 Å². The molecule has 0 spiro atoms. The first-order valence-electron chi connectivity index (χ1n) is 9.20. The second-order valence-electron chi connectivity index (χ2n) is 10.4. The van der Waals surface area contributed by atoms with Gasteiger partial charge in [0.2, 0.25) is 0 Å². The fourth-order valence-corrected chi connectivity index (χ4v) is 12.4. The van der Waals surface area contributed by atoms with E-state index in [2.05, 4.69) is 54.2 Å². The lowest BCUT2D eigenvalue weighted by Crippen LogP contribution is -2.52. The molecule has 1 aromatic carbocycles. The Morgan fingerprint density at radius 3 is 2.27 bits per heavy atom. The molecule has 0 aromatic heterocycles. The molecule has 2 heterocycles. The quantitative estimate of drug-likeness (QED) is 0.570. The summed E-state index contributed by atoms with van der Waals surface area (Å²) in [5.41, 5.74) is 8.16. The third-order valence-electron chi connectivity index (χ3n) is 7.52. The number of aryl methyl sites for hydroxylation is 1. The molecule has 22 heavy (non-hydrogen) atoms. The normalized spacial score (nSPS) is 37.0. The highest BCUT2D eigenvalue weighted by molar-refractivity contribution is 6.93. The second-order valence-corrected chi connectivity index (χ2v) is 14.9. The average Bonchev–Trinajstić information content (AvgIpc) is 2.63. The summed E-state index contributed by atoms with van der Waals surface area (Å²) in [7, 11) is -1.27. The fraction of sp³-hybridized carbons (Fsp3) is 0.714.